The molecule has 3 aromatic carbocycles. The number of halogens is 1. The monoisotopic (exact) mass is 447 g/mol. The third kappa shape index (κ3) is 6.97. The Bertz CT molecular complexity index is 1080. The zero-order valence-electron chi connectivity index (χ0n) is 19.4. The van der Waals surface area contributed by atoms with E-state index in [9.17, 15) is 9.18 Å². The highest BCUT2D eigenvalue weighted by Gasteiger charge is 2.10. The van der Waals surface area contributed by atoms with E-state index in [1.54, 1.807) is 36.4 Å². The molecule has 0 saturated carbocycles. The van der Waals surface area contributed by atoms with E-state index in [2.05, 4.69) is 17.2 Å². The van der Waals surface area contributed by atoms with Crippen LogP contribution in [0.4, 0.5) is 21.5 Å². The summed E-state index contributed by atoms with van der Waals surface area (Å²) in [7, 11) is 3.94. The van der Waals surface area contributed by atoms with Crippen molar-refractivity contribution in [1.82, 2.24) is 0 Å². The second kappa shape index (κ2) is 11.9. The molecule has 0 aliphatic carbocycles. The van der Waals surface area contributed by atoms with Crippen LogP contribution in [0.3, 0.4) is 0 Å². The van der Waals surface area contributed by atoms with Gasteiger partial charge in [0, 0.05) is 31.4 Å². The Morgan fingerprint density at radius 2 is 1.55 bits per heavy atom. The van der Waals surface area contributed by atoms with Gasteiger partial charge in [-0.25, -0.2) is 9.18 Å². The SMILES string of the molecule is CCCCCCOC(=O)c1ccc(-c2ccc(N=Nc3ccc(N(C)C)cc3)cc2F)cc1. The first kappa shape index (κ1) is 24.1. The highest BCUT2D eigenvalue weighted by molar-refractivity contribution is 5.90. The summed E-state index contributed by atoms with van der Waals surface area (Å²) >= 11 is 0. The molecule has 172 valence electrons. The van der Waals surface area contributed by atoms with Gasteiger partial charge < -0.3 is 9.64 Å². The minimum Gasteiger partial charge on any atom is -0.462 e. The number of ether oxygens (including phenoxy) is 1. The number of hydrogen-bond donors (Lipinski definition) is 0. The van der Waals surface area contributed by atoms with Gasteiger partial charge in [0.25, 0.3) is 0 Å². The molecule has 0 unspecified atom stereocenters. The van der Waals surface area contributed by atoms with Crippen LogP contribution >= 0.6 is 0 Å². The van der Waals surface area contributed by atoms with Crippen LogP contribution < -0.4 is 4.90 Å². The maximum Gasteiger partial charge on any atom is 0.338 e. The molecule has 3 rings (SSSR count). The van der Waals surface area contributed by atoms with Crippen LogP contribution in [0, 0.1) is 5.82 Å². The van der Waals surface area contributed by atoms with Crippen LogP contribution in [0.15, 0.2) is 77.0 Å². The first-order valence-electron chi connectivity index (χ1n) is 11.2. The van der Waals surface area contributed by atoms with E-state index in [-0.39, 0.29) is 5.97 Å². The smallest absolute Gasteiger partial charge is 0.338 e. The largest absolute Gasteiger partial charge is 0.462 e. The van der Waals surface area contributed by atoms with Crippen molar-refractivity contribution in [2.45, 2.75) is 32.6 Å². The van der Waals surface area contributed by atoms with Crippen molar-refractivity contribution in [2.24, 2.45) is 10.2 Å². The van der Waals surface area contributed by atoms with Crippen molar-refractivity contribution in [3.05, 3.63) is 78.1 Å². The zero-order chi connectivity index (χ0) is 23.6. The van der Waals surface area contributed by atoms with Crippen LogP contribution in [-0.4, -0.2) is 26.7 Å². The third-order valence-electron chi connectivity index (χ3n) is 5.26. The maximum atomic E-state index is 14.7. The molecule has 0 spiro atoms. The lowest BCUT2D eigenvalue weighted by atomic mass is 10.0. The fraction of sp³-hybridized carbons (Fsp3) is 0.296. The molecular formula is C27H30FN3O2. The predicted molar refractivity (Wildman–Crippen MR) is 131 cm³/mol. The van der Waals surface area contributed by atoms with Gasteiger partial charge in [-0.05, 0) is 60.5 Å². The second-order valence-corrected chi connectivity index (χ2v) is 8.05. The van der Waals surface area contributed by atoms with Crippen molar-refractivity contribution in [2.75, 3.05) is 25.6 Å². The topological polar surface area (TPSA) is 54.3 Å². The summed E-state index contributed by atoms with van der Waals surface area (Å²) in [5, 5.41) is 8.32. The summed E-state index contributed by atoms with van der Waals surface area (Å²) in [6.07, 6.45) is 4.21. The number of azo groups is 1. The van der Waals surface area contributed by atoms with Gasteiger partial charge in [-0.1, -0.05) is 38.3 Å². The second-order valence-electron chi connectivity index (χ2n) is 8.05. The highest BCUT2D eigenvalue weighted by atomic mass is 19.1. The fourth-order valence-electron chi connectivity index (χ4n) is 3.30. The molecule has 0 heterocycles. The number of benzene rings is 3. The molecule has 6 heteroatoms. The van der Waals surface area contributed by atoms with E-state index in [0.29, 0.717) is 34.7 Å². The van der Waals surface area contributed by atoms with E-state index in [0.717, 1.165) is 31.4 Å². The summed E-state index contributed by atoms with van der Waals surface area (Å²) in [6, 6.07) is 19.1. The summed E-state index contributed by atoms with van der Waals surface area (Å²) in [6.45, 7) is 2.56. The molecule has 0 bridgehead atoms. The van der Waals surface area contributed by atoms with E-state index in [4.69, 9.17) is 4.74 Å². The lowest BCUT2D eigenvalue weighted by Crippen LogP contribution is -2.07. The number of nitrogens with zero attached hydrogens (tertiary/aromatic N) is 3. The summed E-state index contributed by atoms with van der Waals surface area (Å²) in [5.74, 6) is -0.756. The number of esters is 1. The molecule has 0 atom stereocenters. The Kier molecular flexibility index (Phi) is 8.70. The number of unbranched alkanes of at least 4 members (excludes halogenated alkanes) is 3. The quantitative estimate of drug-likeness (QED) is 0.182. The molecule has 0 fully saturated rings. The van der Waals surface area contributed by atoms with Crippen molar-refractivity contribution < 1.29 is 13.9 Å². The van der Waals surface area contributed by atoms with Gasteiger partial charge in [0.15, 0.2) is 0 Å². The summed E-state index contributed by atoms with van der Waals surface area (Å²) in [4.78, 5) is 14.2. The molecule has 0 amide bonds. The van der Waals surface area contributed by atoms with Gasteiger partial charge in [-0.3, -0.25) is 0 Å². The Morgan fingerprint density at radius 1 is 0.879 bits per heavy atom. The van der Waals surface area contributed by atoms with Crippen molar-refractivity contribution in [1.29, 1.82) is 0 Å². The van der Waals surface area contributed by atoms with E-state index >= 15 is 0 Å². The predicted octanol–water partition coefficient (Wildman–Crippen LogP) is 7.71. The van der Waals surface area contributed by atoms with Crippen LogP contribution in [0.2, 0.25) is 0 Å². The fourth-order valence-corrected chi connectivity index (χ4v) is 3.30. The Balaban J connectivity index is 1.62. The normalized spacial score (nSPS) is 11.0. The summed E-state index contributed by atoms with van der Waals surface area (Å²) in [5.41, 5.74) is 3.75. The lowest BCUT2D eigenvalue weighted by molar-refractivity contribution is 0.0498. The molecule has 0 N–H and O–H groups in total. The van der Waals surface area contributed by atoms with Crippen LogP contribution in [0.5, 0.6) is 0 Å². The minimum atomic E-state index is -0.402. The van der Waals surface area contributed by atoms with Crippen LogP contribution in [0.25, 0.3) is 11.1 Å². The number of carbonyl (C=O) groups excluding carboxylic acids is 1. The minimum absolute atomic E-state index is 0.354. The van der Waals surface area contributed by atoms with Gasteiger partial charge in [0.2, 0.25) is 0 Å². The molecule has 0 aliphatic heterocycles. The van der Waals surface area contributed by atoms with Gasteiger partial charge in [-0.2, -0.15) is 10.2 Å². The zero-order valence-corrected chi connectivity index (χ0v) is 19.4. The van der Waals surface area contributed by atoms with Gasteiger partial charge >= 0.3 is 5.97 Å². The Morgan fingerprint density at radius 3 is 2.18 bits per heavy atom. The van der Waals surface area contributed by atoms with E-state index in [1.807, 2.05) is 43.3 Å². The Hall–Kier alpha value is -3.54. The van der Waals surface area contributed by atoms with Crippen molar-refractivity contribution in [3.8, 4) is 11.1 Å². The molecule has 5 nitrogen and oxygen atoms in total. The van der Waals surface area contributed by atoms with Crippen LogP contribution in [0.1, 0.15) is 43.0 Å². The maximum absolute atomic E-state index is 14.7. The van der Waals surface area contributed by atoms with Crippen LogP contribution in [-0.2, 0) is 4.74 Å². The molecular weight excluding hydrogens is 417 g/mol. The highest BCUT2D eigenvalue weighted by Crippen LogP contribution is 2.28. The standard InChI is InChI=1S/C27H30FN3O2/c1-4-5-6-7-18-33-27(32)21-10-8-20(9-11-21)25-17-14-23(19-26(25)28)30-29-22-12-15-24(16-13-22)31(2)3/h8-17,19H,4-7,18H2,1-3H3. The Labute approximate surface area is 194 Å². The van der Waals surface area contributed by atoms with Gasteiger partial charge in [-0.15, -0.1) is 0 Å². The van der Waals surface area contributed by atoms with Crippen molar-refractivity contribution >= 4 is 23.0 Å². The van der Waals surface area contributed by atoms with Crippen molar-refractivity contribution in [3.63, 3.8) is 0 Å². The molecule has 3 aromatic rings. The molecule has 0 saturated heterocycles. The molecule has 0 radical (unpaired) electrons. The van der Waals surface area contributed by atoms with E-state index in [1.165, 1.54) is 6.07 Å². The average Bonchev–Trinajstić information content (AvgIpc) is 2.83. The number of hydrogen-bond acceptors (Lipinski definition) is 5. The summed E-state index contributed by atoms with van der Waals surface area (Å²) < 4.78 is 20.0. The van der Waals surface area contributed by atoms with Gasteiger partial charge in [0.1, 0.15) is 5.82 Å². The molecule has 0 aromatic heterocycles. The lowest BCUT2D eigenvalue weighted by Gasteiger charge is -2.11. The average molecular weight is 448 g/mol. The number of carbonyl (C=O) groups is 1. The number of anilines is 1. The number of rotatable bonds is 10. The van der Waals surface area contributed by atoms with E-state index < -0.39 is 5.82 Å². The third-order valence-corrected chi connectivity index (χ3v) is 5.26. The molecule has 0 aliphatic rings. The molecule has 33 heavy (non-hydrogen) atoms. The first-order chi connectivity index (χ1) is 16.0. The first-order valence-corrected chi connectivity index (χ1v) is 11.2. The van der Waals surface area contributed by atoms with Gasteiger partial charge in [0.05, 0.1) is 23.5 Å².